The maximum Gasteiger partial charge on any atom is 0.363 e. The highest BCUT2D eigenvalue weighted by atomic mass is 31.2. The van der Waals surface area contributed by atoms with Crippen LogP contribution in [-0.4, -0.2) is 14.2 Å². The summed E-state index contributed by atoms with van der Waals surface area (Å²) in [5, 5.41) is 4.63. The van der Waals surface area contributed by atoms with Crippen LogP contribution in [0.5, 0.6) is 0 Å². The van der Waals surface area contributed by atoms with Crippen LogP contribution in [0.25, 0.3) is 10.8 Å². The Morgan fingerprint density at radius 2 is 1.72 bits per heavy atom. The molecule has 94 valence electrons. The van der Waals surface area contributed by atoms with Crippen molar-refractivity contribution in [3.8, 4) is 0 Å². The van der Waals surface area contributed by atoms with Crippen LogP contribution in [0.4, 0.5) is 5.69 Å². The van der Waals surface area contributed by atoms with Crippen molar-refractivity contribution in [2.45, 2.75) is 0 Å². The molecule has 0 heterocycles. The van der Waals surface area contributed by atoms with Crippen LogP contribution in [0.3, 0.4) is 0 Å². The van der Waals surface area contributed by atoms with E-state index in [2.05, 4.69) is 5.18 Å². The molecular formula is C12H12NO4P. The molecule has 0 bridgehead atoms. The fraction of sp³-hybridized carbons (Fsp3) is 0.167. The van der Waals surface area contributed by atoms with Gasteiger partial charge < -0.3 is 9.05 Å². The zero-order valence-corrected chi connectivity index (χ0v) is 10.9. The molecule has 0 unspecified atom stereocenters. The van der Waals surface area contributed by atoms with Crippen LogP contribution in [0, 0.1) is 4.91 Å². The van der Waals surface area contributed by atoms with Gasteiger partial charge >= 0.3 is 7.60 Å². The van der Waals surface area contributed by atoms with E-state index in [0.717, 1.165) is 5.39 Å². The first-order valence-corrected chi connectivity index (χ1v) is 6.77. The van der Waals surface area contributed by atoms with E-state index in [1.165, 1.54) is 14.2 Å². The van der Waals surface area contributed by atoms with Crippen LogP contribution in [0.15, 0.2) is 41.6 Å². The Bertz CT molecular complexity index is 633. The van der Waals surface area contributed by atoms with Gasteiger partial charge in [0.2, 0.25) is 0 Å². The minimum absolute atomic E-state index is 0.0973. The molecular weight excluding hydrogens is 253 g/mol. The van der Waals surface area contributed by atoms with Crippen LogP contribution in [0.2, 0.25) is 0 Å². The van der Waals surface area contributed by atoms with Crippen molar-refractivity contribution in [1.29, 1.82) is 0 Å². The fourth-order valence-electron chi connectivity index (χ4n) is 1.83. The Hall–Kier alpha value is -1.55. The molecule has 6 heteroatoms. The predicted molar refractivity (Wildman–Crippen MR) is 70.7 cm³/mol. The van der Waals surface area contributed by atoms with Crippen molar-refractivity contribution in [2.24, 2.45) is 5.18 Å². The quantitative estimate of drug-likeness (QED) is 0.628. The van der Waals surface area contributed by atoms with Crippen molar-refractivity contribution < 1.29 is 13.6 Å². The molecule has 0 radical (unpaired) electrons. The van der Waals surface area contributed by atoms with Crippen molar-refractivity contribution >= 4 is 29.4 Å². The lowest BCUT2D eigenvalue weighted by Gasteiger charge is -2.15. The zero-order chi connectivity index (χ0) is 13.2. The van der Waals surface area contributed by atoms with Crippen molar-refractivity contribution in [2.75, 3.05) is 14.2 Å². The lowest BCUT2D eigenvalue weighted by Crippen LogP contribution is -2.08. The number of hydrogen-bond acceptors (Lipinski definition) is 5. The molecule has 2 aromatic rings. The second-order valence-electron chi connectivity index (χ2n) is 3.61. The van der Waals surface area contributed by atoms with Gasteiger partial charge in [-0.1, -0.05) is 30.3 Å². The monoisotopic (exact) mass is 265 g/mol. The number of nitroso groups, excluding NO2 is 1. The molecule has 0 aliphatic carbocycles. The molecule has 2 rings (SSSR count). The molecule has 0 saturated heterocycles. The first-order chi connectivity index (χ1) is 8.66. The van der Waals surface area contributed by atoms with E-state index in [4.69, 9.17) is 9.05 Å². The summed E-state index contributed by atoms with van der Waals surface area (Å²) >= 11 is 0. The predicted octanol–water partition coefficient (Wildman–Crippen LogP) is 3.35. The number of fused-ring (bicyclic) bond motifs is 1. The minimum atomic E-state index is -3.49. The summed E-state index contributed by atoms with van der Waals surface area (Å²) in [5.74, 6) is 0. The minimum Gasteiger partial charge on any atom is -0.309 e. The topological polar surface area (TPSA) is 65.0 Å². The average Bonchev–Trinajstić information content (AvgIpc) is 2.45. The SMILES string of the molecule is COP(=O)(OC)c1ccc2ccccc2c1N=O. The molecule has 0 amide bonds. The summed E-state index contributed by atoms with van der Waals surface area (Å²) in [7, 11) is -0.942. The standard InChI is InChI=1S/C12H12NO4P/c1-16-18(15,17-2)11-8-7-9-5-3-4-6-10(9)12(11)13-14/h3-8H,1-2H3. The van der Waals surface area contributed by atoms with E-state index in [-0.39, 0.29) is 11.0 Å². The van der Waals surface area contributed by atoms with E-state index < -0.39 is 7.60 Å². The lowest BCUT2D eigenvalue weighted by molar-refractivity contribution is 0.287. The Labute approximate surface area is 104 Å². The highest BCUT2D eigenvalue weighted by Gasteiger charge is 2.29. The molecule has 0 aromatic heterocycles. The number of nitrogens with zero attached hydrogens (tertiary/aromatic N) is 1. The lowest BCUT2D eigenvalue weighted by atomic mass is 10.1. The molecule has 0 aliphatic rings. The van der Waals surface area contributed by atoms with E-state index in [1.54, 1.807) is 24.3 Å². The van der Waals surface area contributed by atoms with Gasteiger partial charge in [-0.2, -0.15) is 0 Å². The van der Waals surface area contributed by atoms with Crippen LogP contribution < -0.4 is 5.30 Å². The van der Waals surface area contributed by atoms with Crippen LogP contribution in [0.1, 0.15) is 0 Å². The van der Waals surface area contributed by atoms with Gasteiger partial charge in [0.05, 0.1) is 5.30 Å². The van der Waals surface area contributed by atoms with Gasteiger partial charge in [-0.15, -0.1) is 4.91 Å². The third kappa shape index (κ3) is 1.97. The third-order valence-corrected chi connectivity index (χ3v) is 4.66. The van der Waals surface area contributed by atoms with Gasteiger partial charge in [0.25, 0.3) is 0 Å². The van der Waals surface area contributed by atoms with Gasteiger partial charge in [0.15, 0.2) is 0 Å². The normalized spacial score (nSPS) is 11.7. The second kappa shape index (κ2) is 4.98. The Kier molecular flexibility index (Phi) is 3.57. The Morgan fingerprint density at radius 1 is 1.06 bits per heavy atom. The number of hydrogen-bond donors (Lipinski definition) is 0. The highest BCUT2D eigenvalue weighted by molar-refractivity contribution is 7.62. The van der Waals surface area contributed by atoms with Gasteiger partial charge in [0, 0.05) is 19.6 Å². The Balaban J connectivity index is 2.80. The summed E-state index contributed by atoms with van der Waals surface area (Å²) in [4.78, 5) is 11.0. The summed E-state index contributed by atoms with van der Waals surface area (Å²) < 4.78 is 22.1. The average molecular weight is 265 g/mol. The van der Waals surface area contributed by atoms with E-state index in [9.17, 15) is 9.47 Å². The molecule has 2 aromatic carbocycles. The Morgan fingerprint density at radius 3 is 2.33 bits per heavy atom. The van der Waals surface area contributed by atoms with Crippen LogP contribution in [-0.2, 0) is 13.6 Å². The molecule has 0 N–H and O–H groups in total. The summed E-state index contributed by atoms with van der Waals surface area (Å²) in [6.45, 7) is 0. The first kappa shape index (κ1) is 12.9. The zero-order valence-electron chi connectivity index (χ0n) is 9.99. The maximum absolute atomic E-state index is 12.3. The van der Waals surface area contributed by atoms with E-state index >= 15 is 0 Å². The van der Waals surface area contributed by atoms with Crippen molar-refractivity contribution in [3.05, 3.63) is 41.3 Å². The molecule has 0 saturated carbocycles. The third-order valence-electron chi connectivity index (χ3n) is 2.75. The van der Waals surface area contributed by atoms with Crippen molar-refractivity contribution in [1.82, 2.24) is 0 Å². The summed E-state index contributed by atoms with van der Waals surface area (Å²) in [5.41, 5.74) is 0.0973. The summed E-state index contributed by atoms with van der Waals surface area (Å²) in [6, 6.07) is 10.5. The fourth-order valence-corrected chi connectivity index (χ4v) is 3.05. The smallest absolute Gasteiger partial charge is 0.309 e. The highest BCUT2D eigenvalue weighted by Crippen LogP contribution is 2.48. The molecule has 0 fully saturated rings. The van der Waals surface area contributed by atoms with E-state index in [0.29, 0.717) is 5.39 Å². The molecule has 0 aliphatic heterocycles. The molecule has 18 heavy (non-hydrogen) atoms. The molecule has 0 atom stereocenters. The van der Waals surface area contributed by atoms with Gasteiger partial charge in [-0.05, 0) is 16.6 Å². The van der Waals surface area contributed by atoms with Gasteiger partial charge in [0.1, 0.15) is 5.69 Å². The van der Waals surface area contributed by atoms with Gasteiger partial charge in [-0.3, -0.25) is 4.57 Å². The van der Waals surface area contributed by atoms with Gasteiger partial charge in [-0.25, -0.2) is 0 Å². The maximum atomic E-state index is 12.3. The van der Waals surface area contributed by atoms with E-state index in [1.807, 2.05) is 12.1 Å². The molecule has 5 nitrogen and oxygen atoms in total. The van der Waals surface area contributed by atoms with Crippen molar-refractivity contribution in [3.63, 3.8) is 0 Å². The second-order valence-corrected chi connectivity index (χ2v) is 5.82. The number of benzene rings is 2. The van der Waals surface area contributed by atoms with Crippen LogP contribution >= 0.6 is 7.60 Å². The number of rotatable bonds is 4. The summed E-state index contributed by atoms with van der Waals surface area (Å²) in [6.07, 6.45) is 0. The largest absolute Gasteiger partial charge is 0.363 e. The molecule has 0 spiro atoms. The first-order valence-electron chi connectivity index (χ1n) is 5.23.